The lowest BCUT2D eigenvalue weighted by Crippen LogP contribution is -2.04. The summed E-state index contributed by atoms with van der Waals surface area (Å²) in [4.78, 5) is 12.9. The highest BCUT2D eigenvalue weighted by atomic mass is 16.5. The predicted molar refractivity (Wildman–Crippen MR) is 97.6 cm³/mol. The third kappa shape index (κ3) is 2.58. The van der Waals surface area contributed by atoms with Crippen LogP contribution in [0, 0.1) is 5.92 Å². The fourth-order valence-corrected chi connectivity index (χ4v) is 3.70. The number of ketones is 1. The number of para-hydroxylation sites is 1. The van der Waals surface area contributed by atoms with Crippen molar-refractivity contribution in [2.24, 2.45) is 13.0 Å². The Kier molecular flexibility index (Phi) is 3.75. The maximum absolute atomic E-state index is 12.9. The molecule has 1 saturated carbocycles. The Labute approximate surface area is 147 Å². The lowest BCUT2D eigenvalue weighted by Gasteiger charge is -2.09. The minimum atomic E-state index is 0.0453. The number of methoxy groups -OCH3 is 2. The number of Topliss-reactive ketones (excluding diaryl/α,β-unsaturated/α-hetero) is 1. The summed E-state index contributed by atoms with van der Waals surface area (Å²) in [5, 5.41) is 1.25. The Balaban J connectivity index is 1.61. The highest BCUT2D eigenvalue weighted by molar-refractivity contribution is 6.01. The van der Waals surface area contributed by atoms with Crippen LogP contribution in [0.3, 0.4) is 0 Å². The molecule has 1 aromatic heterocycles. The molecular weight excluding hydrogens is 314 g/mol. The minimum Gasteiger partial charge on any atom is -0.493 e. The monoisotopic (exact) mass is 335 g/mol. The zero-order valence-electron chi connectivity index (χ0n) is 14.7. The van der Waals surface area contributed by atoms with Crippen LogP contribution in [0.5, 0.6) is 11.5 Å². The van der Waals surface area contributed by atoms with E-state index in [2.05, 4.69) is 36.0 Å². The van der Waals surface area contributed by atoms with Crippen molar-refractivity contribution in [3.05, 3.63) is 59.8 Å². The number of rotatable bonds is 5. The van der Waals surface area contributed by atoms with Gasteiger partial charge in [0.15, 0.2) is 17.3 Å². The lowest BCUT2D eigenvalue weighted by atomic mass is 10.0. The molecule has 1 heterocycles. The van der Waals surface area contributed by atoms with Crippen molar-refractivity contribution in [2.75, 3.05) is 14.2 Å². The van der Waals surface area contributed by atoms with Gasteiger partial charge in [-0.2, -0.15) is 0 Å². The van der Waals surface area contributed by atoms with Gasteiger partial charge in [-0.3, -0.25) is 4.79 Å². The molecule has 1 aliphatic carbocycles. The summed E-state index contributed by atoms with van der Waals surface area (Å²) in [6.07, 6.45) is 3.07. The second-order valence-corrected chi connectivity index (χ2v) is 6.60. The second kappa shape index (κ2) is 5.96. The van der Waals surface area contributed by atoms with E-state index in [-0.39, 0.29) is 11.7 Å². The molecular formula is C21H21NO3. The molecule has 2 atom stereocenters. The molecule has 0 aliphatic heterocycles. The number of nitrogens with zero attached hydrogens (tertiary/aromatic N) is 1. The van der Waals surface area contributed by atoms with E-state index >= 15 is 0 Å². The second-order valence-electron chi connectivity index (χ2n) is 6.60. The number of aryl methyl sites for hydroxylation is 1. The van der Waals surface area contributed by atoms with E-state index < -0.39 is 0 Å². The summed E-state index contributed by atoms with van der Waals surface area (Å²) in [6.45, 7) is 0. The number of hydrogen-bond acceptors (Lipinski definition) is 3. The Morgan fingerprint density at radius 3 is 2.60 bits per heavy atom. The van der Waals surface area contributed by atoms with E-state index in [1.165, 1.54) is 16.5 Å². The topological polar surface area (TPSA) is 40.5 Å². The van der Waals surface area contributed by atoms with E-state index in [4.69, 9.17) is 9.47 Å². The quantitative estimate of drug-likeness (QED) is 0.657. The first kappa shape index (κ1) is 15.8. The van der Waals surface area contributed by atoms with E-state index in [9.17, 15) is 4.79 Å². The van der Waals surface area contributed by atoms with Crippen molar-refractivity contribution < 1.29 is 14.3 Å². The Bertz CT molecular complexity index is 957. The molecule has 4 rings (SSSR count). The van der Waals surface area contributed by atoms with Gasteiger partial charge in [-0.15, -0.1) is 0 Å². The van der Waals surface area contributed by atoms with Gasteiger partial charge >= 0.3 is 0 Å². The summed E-state index contributed by atoms with van der Waals surface area (Å²) < 4.78 is 12.7. The fourth-order valence-electron chi connectivity index (χ4n) is 3.70. The fraction of sp³-hybridized carbons (Fsp3) is 0.286. The normalized spacial score (nSPS) is 19.0. The Morgan fingerprint density at radius 1 is 1.08 bits per heavy atom. The van der Waals surface area contributed by atoms with E-state index in [0.717, 1.165) is 6.42 Å². The van der Waals surface area contributed by atoms with Gasteiger partial charge in [0.1, 0.15) is 0 Å². The van der Waals surface area contributed by atoms with Crippen molar-refractivity contribution in [2.45, 2.75) is 12.3 Å². The SMILES string of the molecule is COc1ccc(C(=O)[C@H]2C[C@@H]2c2cn(C)c3ccccc23)cc1OC. The van der Waals surface area contributed by atoms with Crippen LogP contribution in [0.2, 0.25) is 0 Å². The van der Waals surface area contributed by atoms with Crippen molar-refractivity contribution in [1.82, 2.24) is 4.57 Å². The summed E-state index contributed by atoms with van der Waals surface area (Å²) >= 11 is 0. The minimum absolute atomic E-state index is 0.0453. The standard InChI is InChI=1S/C21H21NO3/c1-22-12-17(14-6-4-5-7-18(14)22)15-11-16(15)21(23)13-8-9-19(24-2)20(10-13)25-3/h4-10,12,15-16H,11H2,1-3H3/t15-,16-/m0/s1. The van der Waals surface area contributed by atoms with Crippen LogP contribution in [-0.2, 0) is 7.05 Å². The molecule has 0 unspecified atom stereocenters. The van der Waals surface area contributed by atoms with Crippen LogP contribution in [0.4, 0.5) is 0 Å². The number of benzene rings is 2. The van der Waals surface area contributed by atoms with Gasteiger partial charge in [-0.1, -0.05) is 18.2 Å². The lowest BCUT2D eigenvalue weighted by molar-refractivity contribution is 0.0965. The zero-order chi connectivity index (χ0) is 17.6. The molecule has 1 fully saturated rings. The summed E-state index contributed by atoms with van der Waals surface area (Å²) in [5.41, 5.74) is 3.17. The van der Waals surface area contributed by atoms with Gasteiger partial charge in [-0.25, -0.2) is 0 Å². The maximum Gasteiger partial charge on any atom is 0.166 e. The summed E-state index contributed by atoms with van der Waals surface area (Å²) in [7, 11) is 5.23. The average Bonchev–Trinajstić information content (AvgIpc) is 3.38. The summed E-state index contributed by atoms with van der Waals surface area (Å²) in [5.74, 6) is 1.76. The van der Waals surface area contributed by atoms with Gasteiger partial charge in [0.25, 0.3) is 0 Å². The van der Waals surface area contributed by atoms with Crippen molar-refractivity contribution in [3.63, 3.8) is 0 Å². The van der Waals surface area contributed by atoms with Crippen LogP contribution < -0.4 is 9.47 Å². The Hall–Kier alpha value is -2.75. The van der Waals surface area contributed by atoms with E-state index in [1.807, 2.05) is 12.1 Å². The average molecular weight is 335 g/mol. The smallest absolute Gasteiger partial charge is 0.166 e. The number of fused-ring (bicyclic) bond motifs is 1. The first-order valence-electron chi connectivity index (χ1n) is 8.44. The van der Waals surface area contributed by atoms with Crippen LogP contribution in [-0.4, -0.2) is 24.6 Å². The van der Waals surface area contributed by atoms with Gasteiger partial charge in [0, 0.05) is 35.6 Å². The molecule has 2 aromatic carbocycles. The molecule has 4 nitrogen and oxygen atoms in total. The predicted octanol–water partition coefficient (Wildman–Crippen LogP) is 4.18. The first-order valence-corrected chi connectivity index (χ1v) is 8.44. The molecule has 4 heteroatoms. The van der Waals surface area contributed by atoms with Crippen molar-refractivity contribution in [3.8, 4) is 11.5 Å². The number of aromatic nitrogens is 1. The molecule has 0 N–H and O–H groups in total. The molecule has 0 radical (unpaired) electrons. The molecule has 1 aliphatic rings. The molecule has 0 spiro atoms. The van der Waals surface area contributed by atoms with Gasteiger partial charge < -0.3 is 14.0 Å². The summed E-state index contributed by atoms with van der Waals surface area (Å²) in [6, 6.07) is 13.8. The third-order valence-electron chi connectivity index (χ3n) is 5.12. The van der Waals surface area contributed by atoms with Crippen LogP contribution in [0.25, 0.3) is 10.9 Å². The van der Waals surface area contributed by atoms with E-state index in [1.54, 1.807) is 26.4 Å². The van der Waals surface area contributed by atoms with Crippen LogP contribution in [0.15, 0.2) is 48.7 Å². The van der Waals surface area contributed by atoms with Crippen molar-refractivity contribution in [1.29, 1.82) is 0 Å². The molecule has 128 valence electrons. The third-order valence-corrected chi connectivity index (χ3v) is 5.12. The number of carbonyl (C=O) groups is 1. The van der Waals surface area contributed by atoms with Crippen LogP contribution >= 0.6 is 0 Å². The highest BCUT2D eigenvalue weighted by Crippen LogP contribution is 2.51. The van der Waals surface area contributed by atoms with Gasteiger partial charge in [0.05, 0.1) is 14.2 Å². The van der Waals surface area contributed by atoms with Crippen molar-refractivity contribution >= 4 is 16.7 Å². The number of carbonyl (C=O) groups excluding carboxylic acids is 1. The number of hydrogen-bond donors (Lipinski definition) is 0. The molecule has 0 bridgehead atoms. The van der Waals surface area contributed by atoms with Gasteiger partial charge in [-0.05, 0) is 42.2 Å². The molecule has 0 saturated heterocycles. The van der Waals surface area contributed by atoms with Gasteiger partial charge in [0.2, 0.25) is 0 Å². The molecule has 0 amide bonds. The number of ether oxygens (including phenoxy) is 2. The maximum atomic E-state index is 12.9. The zero-order valence-corrected chi connectivity index (χ0v) is 14.7. The largest absolute Gasteiger partial charge is 0.493 e. The molecule has 3 aromatic rings. The van der Waals surface area contributed by atoms with Crippen LogP contribution in [0.1, 0.15) is 28.3 Å². The Morgan fingerprint density at radius 2 is 1.84 bits per heavy atom. The first-order chi connectivity index (χ1) is 12.1. The van der Waals surface area contributed by atoms with E-state index in [0.29, 0.717) is 23.0 Å². The molecule has 25 heavy (non-hydrogen) atoms. The highest BCUT2D eigenvalue weighted by Gasteiger charge is 2.45.